The van der Waals surface area contributed by atoms with E-state index in [-0.39, 0.29) is 17.5 Å². The van der Waals surface area contributed by atoms with Crippen molar-refractivity contribution < 1.29 is 13.6 Å². The van der Waals surface area contributed by atoms with Crippen LogP contribution in [0.4, 0.5) is 4.39 Å². The average molecular weight is 370 g/mol. The molecule has 140 valence electrons. The molecule has 1 aliphatic heterocycles. The molecule has 0 bridgehead atoms. The zero-order valence-electron chi connectivity index (χ0n) is 14.6. The van der Waals surface area contributed by atoms with Gasteiger partial charge in [-0.1, -0.05) is 12.1 Å². The van der Waals surface area contributed by atoms with Crippen LogP contribution in [0.15, 0.2) is 51.9 Å². The van der Waals surface area contributed by atoms with Gasteiger partial charge in [0.1, 0.15) is 11.6 Å². The number of piperidine rings is 1. The number of furan rings is 1. The highest BCUT2D eigenvalue weighted by Gasteiger charge is 2.26. The Hall–Kier alpha value is -3.16. The SMILES string of the molecule is O=C(c1ccco1)N1CCC(Cc2n[nH]c(=O)n2-c2ccccc2F)CC1. The molecule has 0 unspecified atom stereocenters. The number of amides is 1. The molecule has 0 saturated carbocycles. The number of hydrogen-bond donors (Lipinski definition) is 1. The average Bonchev–Trinajstić information content (AvgIpc) is 3.33. The summed E-state index contributed by atoms with van der Waals surface area (Å²) in [4.78, 5) is 26.2. The number of carbonyl (C=O) groups is 1. The Kier molecular flexibility index (Phi) is 4.62. The molecule has 27 heavy (non-hydrogen) atoms. The summed E-state index contributed by atoms with van der Waals surface area (Å²) in [5, 5.41) is 6.50. The smallest absolute Gasteiger partial charge is 0.348 e. The first-order chi connectivity index (χ1) is 13.1. The summed E-state index contributed by atoms with van der Waals surface area (Å²) in [7, 11) is 0. The highest BCUT2D eigenvalue weighted by molar-refractivity contribution is 5.91. The maximum absolute atomic E-state index is 14.1. The number of rotatable bonds is 4. The molecule has 1 saturated heterocycles. The first kappa shape index (κ1) is 17.3. The van der Waals surface area contributed by atoms with Gasteiger partial charge in [0, 0.05) is 19.5 Å². The quantitative estimate of drug-likeness (QED) is 0.764. The van der Waals surface area contributed by atoms with Gasteiger partial charge >= 0.3 is 5.69 Å². The fourth-order valence-corrected chi connectivity index (χ4v) is 3.50. The summed E-state index contributed by atoms with van der Waals surface area (Å²) in [6, 6.07) is 9.48. The summed E-state index contributed by atoms with van der Waals surface area (Å²) in [6.45, 7) is 1.22. The van der Waals surface area contributed by atoms with Crippen LogP contribution in [-0.4, -0.2) is 38.7 Å². The number of para-hydroxylation sites is 1. The van der Waals surface area contributed by atoms with Crippen molar-refractivity contribution >= 4 is 5.91 Å². The predicted molar refractivity (Wildman–Crippen MR) is 95.2 cm³/mol. The lowest BCUT2D eigenvalue weighted by Gasteiger charge is -2.31. The largest absolute Gasteiger partial charge is 0.459 e. The van der Waals surface area contributed by atoms with Gasteiger partial charge in [-0.2, -0.15) is 5.10 Å². The van der Waals surface area contributed by atoms with Crippen LogP contribution >= 0.6 is 0 Å². The summed E-state index contributed by atoms with van der Waals surface area (Å²) in [6.07, 6.45) is 3.59. The van der Waals surface area contributed by atoms with E-state index in [1.807, 2.05) is 0 Å². The fourth-order valence-electron chi connectivity index (χ4n) is 3.50. The topological polar surface area (TPSA) is 84.1 Å². The van der Waals surface area contributed by atoms with E-state index in [0.29, 0.717) is 31.1 Å². The standard InChI is InChI=1S/C19H19FN4O3/c20-14-4-1-2-5-15(14)24-17(21-22-19(24)26)12-13-7-9-23(10-8-13)18(25)16-6-3-11-27-16/h1-6,11,13H,7-10,12H2,(H,22,26). The highest BCUT2D eigenvalue weighted by atomic mass is 19.1. The number of nitrogens with zero attached hydrogens (tertiary/aromatic N) is 3. The van der Waals surface area contributed by atoms with Crippen molar-refractivity contribution in [1.82, 2.24) is 19.7 Å². The van der Waals surface area contributed by atoms with E-state index in [2.05, 4.69) is 10.2 Å². The first-order valence-corrected chi connectivity index (χ1v) is 8.87. The van der Waals surface area contributed by atoms with E-state index < -0.39 is 11.5 Å². The maximum Gasteiger partial charge on any atom is 0.348 e. The van der Waals surface area contributed by atoms with E-state index in [9.17, 15) is 14.0 Å². The Morgan fingerprint density at radius 3 is 2.70 bits per heavy atom. The fraction of sp³-hybridized carbons (Fsp3) is 0.316. The van der Waals surface area contributed by atoms with Crippen molar-refractivity contribution in [3.63, 3.8) is 0 Å². The molecule has 1 amide bonds. The van der Waals surface area contributed by atoms with Crippen LogP contribution in [0.2, 0.25) is 0 Å². The molecule has 0 aliphatic carbocycles. The summed E-state index contributed by atoms with van der Waals surface area (Å²) >= 11 is 0. The Labute approximate surface area is 154 Å². The molecule has 1 fully saturated rings. The van der Waals surface area contributed by atoms with Gasteiger partial charge < -0.3 is 9.32 Å². The Morgan fingerprint density at radius 1 is 1.22 bits per heavy atom. The van der Waals surface area contributed by atoms with Gasteiger partial charge in [-0.3, -0.25) is 4.79 Å². The van der Waals surface area contributed by atoms with Crippen molar-refractivity contribution in [2.24, 2.45) is 5.92 Å². The van der Waals surface area contributed by atoms with Crippen molar-refractivity contribution in [1.29, 1.82) is 0 Å². The molecular weight excluding hydrogens is 351 g/mol. The van der Waals surface area contributed by atoms with Crippen LogP contribution in [0.5, 0.6) is 0 Å². The van der Waals surface area contributed by atoms with E-state index in [1.54, 1.807) is 35.2 Å². The minimum atomic E-state index is -0.471. The minimum Gasteiger partial charge on any atom is -0.459 e. The molecule has 1 aromatic carbocycles. The number of hydrogen-bond acceptors (Lipinski definition) is 4. The molecule has 4 rings (SSSR count). The molecule has 7 nitrogen and oxygen atoms in total. The highest BCUT2D eigenvalue weighted by Crippen LogP contribution is 2.23. The van der Waals surface area contributed by atoms with Gasteiger partial charge in [-0.15, -0.1) is 0 Å². The molecule has 8 heteroatoms. The van der Waals surface area contributed by atoms with Crippen LogP contribution in [0.25, 0.3) is 5.69 Å². The molecule has 0 atom stereocenters. The van der Waals surface area contributed by atoms with Crippen molar-refractivity contribution in [3.05, 3.63) is 70.5 Å². The lowest BCUT2D eigenvalue weighted by atomic mass is 9.93. The van der Waals surface area contributed by atoms with Gasteiger partial charge in [0.25, 0.3) is 5.91 Å². The van der Waals surface area contributed by atoms with Gasteiger partial charge in [0.15, 0.2) is 5.76 Å². The normalized spacial score (nSPS) is 15.2. The molecule has 1 N–H and O–H groups in total. The molecule has 3 heterocycles. The van der Waals surface area contributed by atoms with Crippen LogP contribution in [0.1, 0.15) is 29.2 Å². The van der Waals surface area contributed by atoms with Crippen molar-refractivity contribution in [2.45, 2.75) is 19.3 Å². The second kappa shape index (κ2) is 7.22. The number of H-pyrrole nitrogens is 1. The molecule has 0 radical (unpaired) electrons. The van der Waals surface area contributed by atoms with Crippen LogP contribution in [0, 0.1) is 11.7 Å². The molecular formula is C19H19FN4O3. The molecule has 1 aliphatic rings. The molecule has 3 aromatic rings. The third kappa shape index (κ3) is 3.42. The van der Waals surface area contributed by atoms with Gasteiger partial charge in [0.2, 0.25) is 0 Å². The maximum atomic E-state index is 14.1. The van der Waals surface area contributed by atoms with Gasteiger partial charge in [-0.25, -0.2) is 18.9 Å². The first-order valence-electron chi connectivity index (χ1n) is 8.87. The van der Waals surface area contributed by atoms with E-state index in [4.69, 9.17) is 4.42 Å². The van der Waals surface area contributed by atoms with Gasteiger partial charge in [0.05, 0.1) is 12.0 Å². The number of nitrogens with one attached hydrogen (secondary N) is 1. The Balaban J connectivity index is 1.45. The number of aromatic nitrogens is 3. The van der Waals surface area contributed by atoms with E-state index in [0.717, 1.165) is 12.8 Å². The van der Waals surface area contributed by atoms with Crippen LogP contribution < -0.4 is 5.69 Å². The number of aromatic amines is 1. The third-order valence-electron chi connectivity index (χ3n) is 4.94. The van der Waals surface area contributed by atoms with Gasteiger partial charge in [-0.05, 0) is 43.0 Å². The number of halogens is 1. The predicted octanol–water partition coefficient (Wildman–Crippen LogP) is 2.39. The second-order valence-electron chi connectivity index (χ2n) is 6.65. The number of benzene rings is 1. The summed E-state index contributed by atoms with van der Waals surface area (Å²) in [5.74, 6) is 0.518. The van der Waals surface area contributed by atoms with Crippen LogP contribution in [0.3, 0.4) is 0 Å². The molecule has 2 aromatic heterocycles. The summed E-state index contributed by atoms with van der Waals surface area (Å²) in [5.41, 5.74) is -0.266. The molecule has 0 spiro atoms. The third-order valence-corrected chi connectivity index (χ3v) is 4.94. The zero-order valence-corrected chi connectivity index (χ0v) is 14.6. The lowest BCUT2D eigenvalue weighted by molar-refractivity contribution is 0.0657. The van der Waals surface area contributed by atoms with E-state index >= 15 is 0 Å². The number of likely N-dealkylation sites (tertiary alicyclic amines) is 1. The zero-order chi connectivity index (χ0) is 18.8. The summed E-state index contributed by atoms with van der Waals surface area (Å²) < 4.78 is 20.6. The van der Waals surface area contributed by atoms with Crippen molar-refractivity contribution in [2.75, 3.05) is 13.1 Å². The lowest BCUT2D eigenvalue weighted by Crippen LogP contribution is -2.39. The van der Waals surface area contributed by atoms with Crippen LogP contribution in [-0.2, 0) is 6.42 Å². The minimum absolute atomic E-state index is 0.110. The van der Waals surface area contributed by atoms with Crippen molar-refractivity contribution in [3.8, 4) is 5.69 Å². The van der Waals surface area contributed by atoms with E-state index in [1.165, 1.54) is 16.9 Å². The number of carbonyl (C=O) groups excluding carboxylic acids is 1. The Morgan fingerprint density at radius 2 is 2.00 bits per heavy atom. The Bertz CT molecular complexity index is 985. The monoisotopic (exact) mass is 370 g/mol. The second-order valence-corrected chi connectivity index (χ2v) is 6.65.